The molecule has 60 valence electrons. The second-order valence-corrected chi connectivity index (χ2v) is 3.49. The molecule has 0 spiro atoms. The molecule has 0 atom stereocenters. The Morgan fingerprint density at radius 2 is 2.18 bits per heavy atom. The van der Waals surface area contributed by atoms with Crippen molar-refractivity contribution in [2.24, 2.45) is 0 Å². The van der Waals surface area contributed by atoms with Crippen molar-refractivity contribution in [3.63, 3.8) is 0 Å². The highest BCUT2D eigenvalue weighted by Crippen LogP contribution is 2.12. The fourth-order valence-electron chi connectivity index (χ4n) is 0.797. The van der Waals surface area contributed by atoms with E-state index in [1.165, 1.54) is 12.2 Å². The van der Waals surface area contributed by atoms with Crippen LogP contribution in [-0.2, 0) is 10.1 Å². The lowest BCUT2D eigenvalue weighted by Crippen LogP contribution is -2.11. The van der Waals surface area contributed by atoms with Gasteiger partial charge in [0.2, 0.25) is 0 Å². The van der Waals surface area contributed by atoms with Gasteiger partial charge in [-0.25, -0.2) is 0 Å². The summed E-state index contributed by atoms with van der Waals surface area (Å²) in [6, 6.07) is 0. The second kappa shape index (κ2) is 2.60. The number of hydrogen-bond acceptors (Lipinski definition) is 3. The van der Waals surface area contributed by atoms with Crippen molar-refractivity contribution >= 4 is 15.8 Å². The van der Waals surface area contributed by atoms with Crippen molar-refractivity contribution < 1.29 is 13.0 Å². The van der Waals surface area contributed by atoms with Crippen LogP contribution in [0.5, 0.6) is 0 Å². The van der Waals surface area contributed by atoms with Crippen molar-refractivity contribution in [1.82, 2.24) is 0 Å². The average molecular weight is 173 g/mol. The summed E-state index contributed by atoms with van der Waals surface area (Å²) in [5.74, 6) is 0. The summed E-state index contributed by atoms with van der Waals surface area (Å²) < 4.78 is 29.6. The molecule has 0 aromatic carbocycles. The summed E-state index contributed by atoms with van der Waals surface area (Å²) in [6.45, 7) is 0. The third-order valence-electron chi connectivity index (χ3n) is 1.27. The van der Waals surface area contributed by atoms with E-state index in [1.807, 2.05) is 0 Å². The summed E-state index contributed by atoms with van der Waals surface area (Å²) in [4.78, 5) is -0.306. The summed E-state index contributed by atoms with van der Waals surface area (Å²) in [5, 5.41) is 7.11. The molecule has 1 aliphatic rings. The van der Waals surface area contributed by atoms with E-state index in [4.69, 9.17) is 9.96 Å². The standard InChI is InChI=1S/C6H7NO3S/c7-5-3-1-2-4-6(5)11(8,9)10/h1,3-4,7H,2H2,(H,8,9,10). The van der Waals surface area contributed by atoms with Crippen molar-refractivity contribution in [1.29, 1.82) is 5.41 Å². The predicted octanol–water partition coefficient (Wildman–Crippen LogP) is 0.738. The van der Waals surface area contributed by atoms with Gasteiger partial charge in [0, 0.05) is 0 Å². The third kappa shape index (κ3) is 1.75. The highest BCUT2D eigenvalue weighted by Gasteiger charge is 2.18. The lowest BCUT2D eigenvalue weighted by Gasteiger charge is -2.04. The van der Waals surface area contributed by atoms with Gasteiger partial charge in [-0.3, -0.25) is 9.96 Å². The Morgan fingerprint density at radius 3 is 2.55 bits per heavy atom. The molecular weight excluding hydrogens is 166 g/mol. The van der Waals surface area contributed by atoms with E-state index in [1.54, 1.807) is 6.08 Å². The zero-order valence-electron chi connectivity index (χ0n) is 5.61. The minimum Gasteiger partial charge on any atom is -0.299 e. The zero-order valence-corrected chi connectivity index (χ0v) is 6.43. The first kappa shape index (κ1) is 8.16. The Hall–Kier alpha value is -0.940. The van der Waals surface area contributed by atoms with Gasteiger partial charge < -0.3 is 0 Å². The molecule has 2 N–H and O–H groups in total. The molecule has 0 bridgehead atoms. The van der Waals surface area contributed by atoms with Crippen molar-refractivity contribution in [3.8, 4) is 0 Å². The molecule has 0 saturated carbocycles. The smallest absolute Gasteiger partial charge is 0.296 e. The normalized spacial score (nSPS) is 18.3. The molecular formula is C6H7NO3S. The molecule has 4 nitrogen and oxygen atoms in total. The van der Waals surface area contributed by atoms with Crippen LogP contribution in [0, 0.1) is 5.41 Å². The number of rotatable bonds is 1. The highest BCUT2D eigenvalue weighted by atomic mass is 32.2. The Kier molecular flexibility index (Phi) is 1.92. The van der Waals surface area contributed by atoms with Gasteiger partial charge in [0.25, 0.3) is 10.1 Å². The minimum atomic E-state index is -4.19. The van der Waals surface area contributed by atoms with E-state index >= 15 is 0 Å². The van der Waals surface area contributed by atoms with E-state index < -0.39 is 10.1 Å². The summed E-state index contributed by atoms with van der Waals surface area (Å²) >= 11 is 0. The monoisotopic (exact) mass is 173 g/mol. The molecule has 0 heterocycles. The van der Waals surface area contributed by atoms with Gasteiger partial charge in [-0.15, -0.1) is 0 Å². The SMILES string of the molecule is N=C1C=CCC=C1S(=O)(=O)O. The van der Waals surface area contributed by atoms with Crippen LogP contribution < -0.4 is 0 Å². The maximum absolute atomic E-state index is 10.5. The Bertz CT molecular complexity index is 337. The van der Waals surface area contributed by atoms with Crippen LogP contribution in [0.25, 0.3) is 0 Å². The van der Waals surface area contributed by atoms with Crippen LogP contribution in [-0.4, -0.2) is 18.7 Å². The topological polar surface area (TPSA) is 78.2 Å². The maximum Gasteiger partial charge on any atom is 0.296 e. The molecule has 0 aliphatic heterocycles. The van der Waals surface area contributed by atoms with Crippen LogP contribution >= 0.6 is 0 Å². The highest BCUT2D eigenvalue weighted by molar-refractivity contribution is 7.90. The molecule has 0 fully saturated rings. The molecule has 5 heteroatoms. The van der Waals surface area contributed by atoms with Gasteiger partial charge in [0.1, 0.15) is 4.91 Å². The van der Waals surface area contributed by atoms with Gasteiger partial charge in [-0.1, -0.05) is 12.2 Å². The van der Waals surface area contributed by atoms with Crippen LogP contribution in [0.4, 0.5) is 0 Å². The van der Waals surface area contributed by atoms with Gasteiger partial charge in [-0.05, 0) is 12.5 Å². The quantitative estimate of drug-likeness (QED) is 0.574. The number of nitrogens with one attached hydrogen (secondary N) is 1. The van der Waals surface area contributed by atoms with E-state index in [9.17, 15) is 8.42 Å². The molecule has 11 heavy (non-hydrogen) atoms. The summed E-state index contributed by atoms with van der Waals surface area (Å²) in [5.41, 5.74) is -0.168. The first-order valence-corrected chi connectivity index (χ1v) is 4.39. The van der Waals surface area contributed by atoms with Crippen molar-refractivity contribution in [2.75, 3.05) is 0 Å². The number of allylic oxidation sites excluding steroid dienone is 4. The summed E-state index contributed by atoms with van der Waals surface area (Å²) in [6.07, 6.45) is 4.75. The van der Waals surface area contributed by atoms with E-state index in [0.717, 1.165) is 0 Å². The predicted molar refractivity (Wildman–Crippen MR) is 41.1 cm³/mol. The zero-order chi connectivity index (χ0) is 8.48. The van der Waals surface area contributed by atoms with Crippen LogP contribution in [0.1, 0.15) is 6.42 Å². The second-order valence-electron chi connectivity index (χ2n) is 2.10. The van der Waals surface area contributed by atoms with Gasteiger partial charge in [0.05, 0.1) is 5.71 Å². The van der Waals surface area contributed by atoms with Crippen LogP contribution in [0.3, 0.4) is 0 Å². The summed E-state index contributed by atoms with van der Waals surface area (Å²) in [7, 11) is -4.19. The molecule has 1 aliphatic carbocycles. The first-order chi connectivity index (χ1) is 5.02. The lowest BCUT2D eigenvalue weighted by molar-refractivity contribution is 0.492. The Labute approximate surface area is 64.5 Å². The van der Waals surface area contributed by atoms with Crippen LogP contribution in [0.2, 0.25) is 0 Å². The molecule has 0 aromatic rings. The third-order valence-corrected chi connectivity index (χ3v) is 2.21. The largest absolute Gasteiger partial charge is 0.299 e. The molecule has 0 saturated heterocycles. The number of hydrogen-bond donors (Lipinski definition) is 2. The minimum absolute atomic E-state index is 0.168. The fourth-order valence-corrected chi connectivity index (χ4v) is 1.45. The van der Waals surface area contributed by atoms with E-state index in [2.05, 4.69) is 0 Å². The van der Waals surface area contributed by atoms with Gasteiger partial charge in [0.15, 0.2) is 0 Å². The van der Waals surface area contributed by atoms with Crippen molar-refractivity contribution in [2.45, 2.75) is 6.42 Å². The fraction of sp³-hybridized carbons (Fsp3) is 0.167. The van der Waals surface area contributed by atoms with E-state index in [0.29, 0.717) is 6.42 Å². The lowest BCUT2D eigenvalue weighted by atomic mass is 10.2. The molecule has 0 amide bonds. The molecule has 0 aromatic heterocycles. The first-order valence-electron chi connectivity index (χ1n) is 2.95. The Balaban J connectivity index is 3.08. The van der Waals surface area contributed by atoms with Gasteiger partial charge >= 0.3 is 0 Å². The Morgan fingerprint density at radius 1 is 1.55 bits per heavy atom. The molecule has 0 unspecified atom stereocenters. The molecule has 0 radical (unpaired) electrons. The van der Waals surface area contributed by atoms with Gasteiger partial charge in [-0.2, -0.15) is 8.42 Å². The molecule has 1 rings (SSSR count). The van der Waals surface area contributed by atoms with E-state index in [-0.39, 0.29) is 10.6 Å². The average Bonchev–Trinajstić information content (AvgIpc) is 1.86. The van der Waals surface area contributed by atoms with Crippen LogP contribution in [0.15, 0.2) is 23.1 Å². The van der Waals surface area contributed by atoms with Crippen molar-refractivity contribution in [3.05, 3.63) is 23.1 Å². The maximum atomic E-state index is 10.5.